The SMILES string of the molecule is CC1=C(C)c2c(ccc(Br)c2C)C1. The monoisotopic (exact) mass is 236 g/mol. The number of rotatable bonds is 0. The Balaban J connectivity index is 2.71. The Kier molecular flexibility index (Phi) is 2.07. The molecule has 0 heterocycles. The molecule has 0 spiro atoms. The lowest BCUT2D eigenvalue weighted by molar-refractivity contribution is 1.18. The van der Waals surface area contributed by atoms with Gasteiger partial charge in [0, 0.05) is 4.47 Å². The number of halogens is 1. The molecule has 0 bridgehead atoms. The largest absolute Gasteiger partial charge is 0.0654 e. The molecule has 13 heavy (non-hydrogen) atoms. The van der Waals surface area contributed by atoms with Crippen LogP contribution in [0.5, 0.6) is 0 Å². The molecule has 0 unspecified atom stereocenters. The van der Waals surface area contributed by atoms with E-state index in [0.29, 0.717) is 0 Å². The second kappa shape index (κ2) is 2.98. The zero-order valence-electron chi connectivity index (χ0n) is 8.24. The molecule has 0 N–H and O–H groups in total. The Hall–Kier alpha value is -0.560. The fraction of sp³-hybridized carbons (Fsp3) is 0.333. The van der Waals surface area contributed by atoms with Crippen molar-refractivity contribution in [3.8, 4) is 0 Å². The average molecular weight is 237 g/mol. The summed E-state index contributed by atoms with van der Waals surface area (Å²) in [5, 5.41) is 0. The van der Waals surface area contributed by atoms with E-state index in [4.69, 9.17) is 0 Å². The molecular weight excluding hydrogens is 224 g/mol. The fourth-order valence-corrected chi connectivity index (χ4v) is 2.37. The summed E-state index contributed by atoms with van der Waals surface area (Å²) in [5.74, 6) is 0. The van der Waals surface area contributed by atoms with Gasteiger partial charge in [0.25, 0.3) is 0 Å². The third-order valence-electron chi connectivity index (χ3n) is 2.96. The fourth-order valence-electron chi connectivity index (χ4n) is 2.04. The highest BCUT2D eigenvalue weighted by Crippen LogP contribution is 2.37. The van der Waals surface area contributed by atoms with Gasteiger partial charge in [-0.3, -0.25) is 0 Å². The van der Waals surface area contributed by atoms with Gasteiger partial charge in [0.2, 0.25) is 0 Å². The van der Waals surface area contributed by atoms with E-state index < -0.39 is 0 Å². The number of allylic oxidation sites excluding steroid dienone is 2. The van der Waals surface area contributed by atoms with Crippen LogP contribution < -0.4 is 0 Å². The third kappa shape index (κ3) is 1.26. The zero-order chi connectivity index (χ0) is 9.59. The van der Waals surface area contributed by atoms with Crippen molar-refractivity contribution in [1.82, 2.24) is 0 Å². The Morgan fingerprint density at radius 2 is 1.85 bits per heavy atom. The molecule has 2 rings (SSSR count). The Morgan fingerprint density at radius 1 is 1.15 bits per heavy atom. The van der Waals surface area contributed by atoms with Crippen LogP contribution in [0.3, 0.4) is 0 Å². The minimum atomic E-state index is 1.13. The normalized spacial score (nSPS) is 15.1. The first-order valence-electron chi connectivity index (χ1n) is 4.56. The van der Waals surface area contributed by atoms with Crippen LogP contribution in [0.15, 0.2) is 22.2 Å². The molecule has 0 saturated carbocycles. The van der Waals surface area contributed by atoms with E-state index in [1.54, 1.807) is 0 Å². The highest BCUT2D eigenvalue weighted by atomic mass is 79.9. The summed E-state index contributed by atoms with van der Waals surface area (Å²) in [5.41, 5.74) is 7.31. The first-order valence-corrected chi connectivity index (χ1v) is 5.35. The Bertz CT molecular complexity index is 400. The van der Waals surface area contributed by atoms with Crippen molar-refractivity contribution in [3.05, 3.63) is 38.9 Å². The molecule has 68 valence electrons. The maximum absolute atomic E-state index is 3.57. The molecule has 0 atom stereocenters. The van der Waals surface area contributed by atoms with E-state index in [2.05, 4.69) is 48.8 Å². The predicted octanol–water partition coefficient (Wildman–Crippen LogP) is 4.11. The van der Waals surface area contributed by atoms with Crippen molar-refractivity contribution in [2.24, 2.45) is 0 Å². The maximum Gasteiger partial charge on any atom is 0.0210 e. The molecule has 1 aliphatic rings. The minimum Gasteiger partial charge on any atom is -0.0654 e. The van der Waals surface area contributed by atoms with Crippen LogP contribution in [0, 0.1) is 6.92 Å². The van der Waals surface area contributed by atoms with Gasteiger partial charge in [-0.05, 0) is 55.5 Å². The van der Waals surface area contributed by atoms with Crippen molar-refractivity contribution in [3.63, 3.8) is 0 Å². The van der Waals surface area contributed by atoms with E-state index in [1.165, 1.54) is 32.3 Å². The molecule has 1 aromatic carbocycles. The number of fused-ring (bicyclic) bond motifs is 1. The van der Waals surface area contributed by atoms with Gasteiger partial charge >= 0.3 is 0 Å². The third-order valence-corrected chi connectivity index (χ3v) is 3.82. The number of benzene rings is 1. The molecule has 1 heteroatoms. The molecule has 0 aromatic heterocycles. The first kappa shape index (κ1) is 9.01. The van der Waals surface area contributed by atoms with Gasteiger partial charge in [-0.1, -0.05) is 27.6 Å². The van der Waals surface area contributed by atoms with Gasteiger partial charge in [0.15, 0.2) is 0 Å². The van der Waals surface area contributed by atoms with Crippen molar-refractivity contribution in [2.75, 3.05) is 0 Å². The lowest BCUT2D eigenvalue weighted by atomic mass is 10.0. The molecular formula is C12H13Br. The summed E-state index contributed by atoms with van der Waals surface area (Å²) < 4.78 is 1.22. The van der Waals surface area contributed by atoms with Gasteiger partial charge in [-0.25, -0.2) is 0 Å². The maximum atomic E-state index is 3.57. The van der Waals surface area contributed by atoms with E-state index in [0.717, 1.165) is 6.42 Å². The van der Waals surface area contributed by atoms with E-state index in [9.17, 15) is 0 Å². The molecule has 0 radical (unpaired) electrons. The van der Waals surface area contributed by atoms with E-state index in [-0.39, 0.29) is 0 Å². The van der Waals surface area contributed by atoms with Crippen molar-refractivity contribution in [1.29, 1.82) is 0 Å². The smallest absolute Gasteiger partial charge is 0.0210 e. The van der Waals surface area contributed by atoms with Crippen LogP contribution >= 0.6 is 15.9 Å². The van der Waals surface area contributed by atoms with Gasteiger partial charge in [-0.2, -0.15) is 0 Å². The summed E-state index contributed by atoms with van der Waals surface area (Å²) in [6.45, 7) is 6.63. The van der Waals surface area contributed by atoms with Crippen molar-refractivity contribution in [2.45, 2.75) is 27.2 Å². The van der Waals surface area contributed by atoms with Crippen LogP contribution in [0.25, 0.3) is 5.57 Å². The molecule has 0 fully saturated rings. The second-order valence-corrected chi connectivity index (χ2v) is 4.64. The lowest BCUT2D eigenvalue weighted by Crippen LogP contribution is -1.88. The van der Waals surface area contributed by atoms with Gasteiger partial charge in [0.1, 0.15) is 0 Å². The summed E-state index contributed by atoms with van der Waals surface area (Å²) in [6, 6.07) is 4.38. The summed E-state index contributed by atoms with van der Waals surface area (Å²) >= 11 is 3.57. The van der Waals surface area contributed by atoms with Gasteiger partial charge in [0.05, 0.1) is 0 Å². The topological polar surface area (TPSA) is 0 Å². The van der Waals surface area contributed by atoms with Gasteiger partial charge in [-0.15, -0.1) is 0 Å². The zero-order valence-corrected chi connectivity index (χ0v) is 9.83. The Morgan fingerprint density at radius 3 is 2.54 bits per heavy atom. The first-order chi connectivity index (χ1) is 6.11. The summed E-state index contributed by atoms with van der Waals surface area (Å²) in [7, 11) is 0. The van der Waals surface area contributed by atoms with Gasteiger partial charge < -0.3 is 0 Å². The van der Waals surface area contributed by atoms with Crippen LogP contribution in [0.4, 0.5) is 0 Å². The molecule has 0 aliphatic heterocycles. The van der Waals surface area contributed by atoms with Crippen LogP contribution in [-0.2, 0) is 6.42 Å². The highest BCUT2D eigenvalue weighted by Gasteiger charge is 2.18. The minimum absolute atomic E-state index is 1.13. The molecule has 0 saturated heterocycles. The molecule has 0 nitrogen and oxygen atoms in total. The molecule has 1 aromatic rings. The van der Waals surface area contributed by atoms with Crippen LogP contribution in [0.2, 0.25) is 0 Å². The number of hydrogen-bond acceptors (Lipinski definition) is 0. The van der Waals surface area contributed by atoms with Crippen molar-refractivity contribution < 1.29 is 0 Å². The Labute approximate surface area is 87.8 Å². The van der Waals surface area contributed by atoms with E-state index >= 15 is 0 Å². The standard InChI is InChI=1S/C12H13Br/c1-7-6-10-4-5-11(13)9(3)12(10)8(7)2/h4-5H,6H2,1-3H3. The lowest BCUT2D eigenvalue weighted by Gasteiger charge is -2.07. The van der Waals surface area contributed by atoms with Crippen molar-refractivity contribution >= 4 is 21.5 Å². The molecule has 1 aliphatic carbocycles. The number of hydrogen-bond donors (Lipinski definition) is 0. The highest BCUT2D eigenvalue weighted by molar-refractivity contribution is 9.10. The van der Waals surface area contributed by atoms with Crippen LogP contribution in [0.1, 0.15) is 30.5 Å². The average Bonchev–Trinajstić information content (AvgIpc) is 2.37. The molecule has 0 amide bonds. The van der Waals surface area contributed by atoms with Crippen LogP contribution in [-0.4, -0.2) is 0 Å². The van der Waals surface area contributed by atoms with E-state index in [1.807, 2.05) is 0 Å². The summed E-state index contributed by atoms with van der Waals surface area (Å²) in [6.07, 6.45) is 1.13. The second-order valence-electron chi connectivity index (χ2n) is 3.79. The summed E-state index contributed by atoms with van der Waals surface area (Å²) in [4.78, 5) is 0. The predicted molar refractivity (Wildman–Crippen MR) is 60.9 cm³/mol. The quantitative estimate of drug-likeness (QED) is 0.637.